The molecule has 3 rings (SSSR count). The Balaban J connectivity index is 1.72. The Bertz CT molecular complexity index is 978. The van der Waals surface area contributed by atoms with Gasteiger partial charge in [0.25, 0.3) is 0 Å². The topological polar surface area (TPSA) is 95.1 Å². The molecule has 0 aliphatic heterocycles. The summed E-state index contributed by atoms with van der Waals surface area (Å²) in [5, 5.41) is 11.9. The zero-order valence-electron chi connectivity index (χ0n) is 14.6. The Morgan fingerprint density at radius 2 is 1.93 bits per heavy atom. The maximum Gasteiger partial charge on any atom is 0.315 e. The van der Waals surface area contributed by atoms with E-state index < -0.39 is 5.56 Å². The lowest BCUT2D eigenvalue weighted by Crippen LogP contribution is -2.32. The normalized spacial score (nSPS) is 10.6. The number of hydrogen-bond acceptors (Lipinski definition) is 7. The Labute approximate surface area is 165 Å². The summed E-state index contributed by atoms with van der Waals surface area (Å²) in [5.41, 5.74) is 1.14. The first-order valence-electron chi connectivity index (χ1n) is 8.19. The summed E-state index contributed by atoms with van der Waals surface area (Å²) < 4.78 is 6.37. The van der Waals surface area contributed by atoms with Crippen molar-refractivity contribution in [2.45, 2.75) is 17.8 Å². The molecule has 0 aliphatic rings. The van der Waals surface area contributed by atoms with Crippen LogP contribution in [0.4, 0.5) is 11.5 Å². The van der Waals surface area contributed by atoms with Gasteiger partial charge < -0.3 is 15.9 Å². The van der Waals surface area contributed by atoms with Crippen LogP contribution in [0.2, 0.25) is 5.02 Å². The second kappa shape index (κ2) is 8.79. The number of nitrogens with one attached hydrogen (secondary N) is 1. The monoisotopic (exact) mass is 403 g/mol. The van der Waals surface area contributed by atoms with Gasteiger partial charge in [-0.25, -0.2) is 0 Å². The molecule has 0 saturated heterocycles. The van der Waals surface area contributed by atoms with Crippen molar-refractivity contribution in [2.24, 2.45) is 0 Å². The minimum absolute atomic E-state index is 0.0451. The lowest BCUT2D eigenvalue weighted by atomic mass is 10.2. The van der Waals surface area contributed by atoms with E-state index in [4.69, 9.17) is 22.2 Å². The summed E-state index contributed by atoms with van der Waals surface area (Å²) in [4.78, 5) is 12.5. The van der Waals surface area contributed by atoms with Gasteiger partial charge in [0.05, 0.1) is 6.61 Å². The highest BCUT2D eigenvalue weighted by molar-refractivity contribution is 7.98. The van der Waals surface area contributed by atoms with Crippen LogP contribution in [0, 0.1) is 0 Å². The first kappa shape index (κ1) is 19.1. The highest BCUT2D eigenvalue weighted by Gasteiger charge is 2.12. The van der Waals surface area contributed by atoms with Gasteiger partial charge in [-0.05, 0) is 42.8 Å². The van der Waals surface area contributed by atoms with E-state index in [9.17, 15) is 4.79 Å². The molecule has 1 aromatic heterocycles. The molecule has 0 radical (unpaired) electrons. The largest absolute Gasteiger partial charge is 0.494 e. The van der Waals surface area contributed by atoms with Gasteiger partial charge in [0.15, 0.2) is 0 Å². The van der Waals surface area contributed by atoms with Gasteiger partial charge in [-0.15, -0.1) is 10.2 Å². The number of benzene rings is 2. The third-order valence-electron chi connectivity index (χ3n) is 3.61. The predicted octanol–water partition coefficient (Wildman–Crippen LogP) is 3.44. The SMILES string of the molecule is CCOc1ccc(Nc2nnc(SCc3ccccc3Cl)n(N)c2=O)cc1. The van der Waals surface area contributed by atoms with Gasteiger partial charge >= 0.3 is 5.56 Å². The molecular weight excluding hydrogens is 386 g/mol. The summed E-state index contributed by atoms with van der Waals surface area (Å²) in [5.74, 6) is 7.21. The van der Waals surface area contributed by atoms with Crippen molar-refractivity contribution in [3.05, 3.63) is 69.5 Å². The molecule has 0 bridgehead atoms. The van der Waals surface area contributed by atoms with E-state index in [1.165, 1.54) is 11.8 Å². The number of nitrogen functional groups attached to an aromatic ring is 1. The molecule has 27 heavy (non-hydrogen) atoms. The fourth-order valence-electron chi connectivity index (χ4n) is 2.26. The number of anilines is 2. The minimum atomic E-state index is -0.472. The minimum Gasteiger partial charge on any atom is -0.494 e. The van der Waals surface area contributed by atoms with E-state index >= 15 is 0 Å². The summed E-state index contributed by atoms with van der Waals surface area (Å²) >= 11 is 7.43. The fraction of sp³-hybridized carbons (Fsp3) is 0.167. The molecule has 0 unspecified atom stereocenters. The van der Waals surface area contributed by atoms with E-state index in [1.54, 1.807) is 24.3 Å². The lowest BCUT2D eigenvalue weighted by Gasteiger charge is -2.10. The third kappa shape index (κ3) is 4.72. The lowest BCUT2D eigenvalue weighted by molar-refractivity contribution is 0.340. The Hall–Kier alpha value is -2.71. The summed E-state index contributed by atoms with van der Waals surface area (Å²) in [6.45, 7) is 2.50. The Morgan fingerprint density at radius 1 is 1.19 bits per heavy atom. The van der Waals surface area contributed by atoms with Crippen LogP contribution >= 0.6 is 23.4 Å². The van der Waals surface area contributed by atoms with Gasteiger partial charge in [0.2, 0.25) is 11.0 Å². The van der Waals surface area contributed by atoms with Crippen molar-refractivity contribution in [1.29, 1.82) is 0 Å². The van der Waals surface area contributed by atoms with Crippen molar-refractivity contribution in [1.82, 2.24) is 14.9 Å². The van der Waals surface area contributed by atoms with Crippen LogP contribution in [0.15, 0.2) is 58.5 Å². The van der Waals surface area contributed by atoms with Crippen LogP contribution in [-0.4, -0.2) is 21.5 Å². The number of hydrogen-bond donors (Lipinski definition) is 2. The van der Waals surface area contributed by atoms with Crippen LogP contribution in [0.3, 0.4) is 0 Å². The molecule has 1 heterocycles. The number of ether oxygens (including phenoxy) is 1. The van der Waals surface area contributed by atoms with Gasteiger partial charge in [0, 0.05) is 16.5 Å². The molecule has 140 valence electrons. The van der Waals surface area contributed by atoms with Crippen LogP contribution in [0.1, 0.15) is 12.5 Å². The van der Waals surface area contributed by atoms with Gasteiger partial charge in [-0.1, -0.05) is 41.6 Å². The first-order valence-corrected chi connectivity index (χ1v) is 9.55. The molecule has 2 aromatic carbocycles. The average molecular weight is 404 g/mol. The summed E-state index contributed by atoms with van der Waals surface area (Å²) in [6, 6.07) is 14.6. The van der Waals surface area contributed by atoms with E-state index in [1.807, 2.05) is 31.2 Å². The Kier molecular flexibility index (Phi) is 6.20. The number of halogens is 1. The fourth-order valence-corrected chi connectivity index (χ4v) is 3.40. The van der Waals surface area contributed by atoms with Crippen LogP contribution in [0.5, 0.6) is 5.75 Å². The van der Waals surface area contributed by atoms with Gasteiger partial charge in [-0.2, -0.15) is 4.68 Å². The summed E-state index contributed by atoms with van der Waals surface area (Å²) in [6.07, 6.45) is 0. The predicted molar refractivity (Wildman–Crippen MR) is 108 cm³/mol. The van der Waals surface area contributed by atoms with Gasteiger partial charge in [0.1, 0.15) is 5.75 Å². The maximum absolute atomic E-state index is 12.5. The van der Waals surface area contributed by atoms with Crippen LogP contribution in [0.25, 0.3) is 0 Å². The first-order chi connectivity index (χ1) is 13.1. The van der Waals surface area contributed by atoms with E-state index in [-0.39, 0.29) is 5.82 Å². The second-order valence-corrected chi connectivity index (χ2v) is 6.82. The van der Waals surface area contributed by atoms with Crippen molar-refractivity contribution < 1.29 is 4.74 Å². The molecule has 0 fully saturated rings. The maximum atomic E-state index is 12.5. The van der Waals surface area contributed by atoms with E-state index in [0.717, 1.165) is 16.0 Å². The van der Waals surface area contributed by atoms with Gasteiger partial charge in [-0.3, -0.25) is 4.79 Å². The van der Waals surface area contributed by atoms with E-state index in [0.29, 0.717) is 28.2 Å². The average Bonchev–Trinajstić information content (AvgIpc) is 2.68. The molecular formula is C18H18ClN5O2S. The number of nitrogens with two attached hydrogens (primary N) is 1. The second-order valence-electron chi connectivity index (χ2n) is 5.47. The molecule has 0 saturated carbocycles. The van der Waals surface area contributed by atoms with Crippen LogP contribution in [-0.2, 0) is 5.75 Å². The molecule has 7 nitrogen and oxygen atoms in total. The molecule has 0 atom stereocenters. The van der Waals surface area contributed by atoms with Crippen LogP contribution < -0.4 is 21.5 Å². The standard InChI is InChI=1S/C18H18ClN5O2S/c1-2-26-14-9-7-13(8-10-14)21-16-17(25)24(20)18(23-22-16)27-11-12-5-3-4-6-15(12)19/h3-10H,2,11,20H2,1H3,(H,21,22). The number of rotatable bonds is 7. The van der Waals surface area contributed by atoms with Crippen molar-refractivity contribution >= 4 is 34.9 Å². The molecule has 9 heteroatoms. The zero-order valence-corrected chi connectivity index (χ0v) is 16.1. The third-order valence-corrected chi connectivity index (χ3v) is 4.97. The highest BCUT2D eigenvalue weighted by Crippen LogP contribution is 2.24. The molecule has 3 aromatic rings. The van der Waals surface area contributed by atoms with Crippen molar-refractivity contribution in [3.63, 3.8) is 0 Å². The smallest absolute Gasteiger partial charge is 0.315 e. The number of nitrogens with zero attached hydrogens (tertiary/aromatic N) is 3. The summed E-state index contributed by atoms with van der Waals surface area (Å²) in [7, 11) is 0. The number of thioether (sulfide) groups is 1. The highest BCUT2D eigenvalue weighted by atomic mass is 35.5. The molecule has 0 aliphatic carbocycles. The number of aromatic nitrogens is 3. The molecule has 0 amide bonds. The Morgan fingerprint density at radius 3 is 2.63 bits per heavy atom. The molecule has 3 N–H and O–H groups in total. The van der Waals surface area contributed by atoms with Crippen molar-refractivity contribution in [2.75, 3.05) is 17.8 Å². The quantitative estimate of drug-likeness (QED) is 0.460. The van der Waals surface area contributed by atoms with Crippen molar-refractivity contribution in [3.8, 4) is 5.75 Å². The van der Waals surface area contributed by atoms with E-state index in [2.05, 4.69) is 15.5 Å². The molecule has 0 spiro atoms. The zero-order chi connectivity index (χ0) is 19.2.